The Hall–Kier alpha value is -3.13. The molecule has 0 radical (unpaired) electrons. The molecule has 2 aliphatic rings. The predicted octanol–water partition coefficient (Wildman–Crippen LogP) is 2.04. The number of aryl methyl sites for hydroxylation is 1. The third-order valence-corrected chi connectivity index (χ3v) is 5.39. The van der Waals surface area contributed by atoms with E-state index < -0.39 is 0 Å². The molecule has 2 N–H and O–H groups in total. The minimum atomic E-state index is -0.149. The highest BCUT2D eigenvalue weighted by Crippen LogP contribution is 2.34. The van der Waals surface area contributed by atoms with Crippen molar-refractivity contribution in [3.8, 4) is 0 Å². The maximum absolute atomic E-state index is 12.9. The summed E-state index contributed by atoms with van der Waals surface area (Å²) in [5.41, 5.74) is 5.03. The first-order valence-electron chi connectivity index (χ1n) is 9.67. The summed E-state index contributed by atoms with van der Waals surface area (Å²) in [4.78, 5) is 21.6. The van der Waals surface area contributed by atoms with Crippen LogP contribution in [0.3, 0.4) is 0 Å². The van der Waals surface area contributed by atoms with Gasteiger partial charge in [0.05, 0.1) is 11.2 Å². The molecule has 144 valence electrons. The van der Waals surface area contributed by atoms with Crippen molar-refractivity contribution in [3.63, 3.8) is 0 Å². The summed E-state index contributed by atoms with van der Waals surface area (Å²) in [5.74, 6) is 0.773. The highest BCUT2D eigenvalue weighted by atomic mass is 16.2. The third-order valence-electron chi connectivity index (χ3n) is 5.39. The molecule has 0 spiro atoms. The maximum atomic E-state index is 12.9. The summed E-state index contributed by atoms with van der Waals surface area (Å²) < 4.78 is 1.80. The molecular formula is C20H23N7O. The van der Waals surface area contributed by atoms with Crippen molar-refractivity contribution in [3.05, 3.63) is 47.9 Å². The van der Waals surface area contributed by atoms with Crippen LogP contribution in [0, 0.1) is 6.92 Å². The fourth-order valence-corrected chi connectivity index (χ4v) is 4.06. The summed E-state index contributed by atoms with van der Waals surface area (Å²) in [6, 6.07) is 7.70. The fraction of sp³-hybridized carbons (Fsp3) is 0.350. The Morgan fingerprint density at radius 1 is 1.18 bits per heavy atom. The van der Waals surface area contributed by atoms with Gasteiger partial charge in [-0.05, 0) is 37.6 Å². The van der Waals surface area contributed by atoms with Crippen molar-refractivity contribution >= 4 is 28.7 Å². The number of piperazine rings is 1. The Bertz CT molecular complexity index is 1040. The van der Waals surface area contributed by atoms with E-state index in [-0.39, 0.29) is 6.03 Å². The smallest absolute Gasteiger partial charge is 0.327 e. The first-order valence-corrected chi connectivity index (χ1v) is 9.67. The number of aromatic nitrogens is 3. The number of carbonyl (C=O) groups excluding carboxylic acids is 1. The average molecular weight is 377 g/mol. The molecule has 8 heteroatoms. The van der Waals surface area contributed by atoms with Crippen molar-refractivity contribution in [2.24, 2.45) is 0 Å². The van der Waals surface area contributed by atoms with E-state index in [1.54, 1.807) is 9.42 Å². The molecule has 0 bridgehead atoms. The average Bonchev–Trinajstić information content (AvgIpc) is 3.30. The van der Waals surface area contributed by atoms with Crippen LogP contribution in [0.25, 0.3) is 5.52 Å². The number of hydrogen-bond donors (Lipinski definition) is 2. The molecule has 3 aromatic rings. The van der Waals surface area contributed by atoms with E-state index in [2.05, 4.69) is 31.7 Å². The minimum Gasteiger partial charge on any atom is -0.369 e. The van der Waals surface area contributed by atoms with Crippen LogP contribution in [0.1, 0.15) is 11.3 Å². The Kier molecular flexibility index (Phi) is 4.12. The number of nitrogens with zero attached hydrogens (tertiary/aromatic N) is 5. The second kappa shape index (κ2) is 6.79. The third kappa shape index (κ3) is 2.95. The molecular weight excluding hydrogens is 354 g/mol. The van der Waals surface area contributed by atoms with Crippen molar-refractivity contribution in [1.29, 1.82) is 0 Å². The lowest BCUT2D eigenvalue weighted by Crippen LogP contribution is -2.43. The molecule has 5 rings (SSSR count). The van der Waals surface area contributed by atoms with Crippen LogP contribution in [0.2, 0.25) is 0 Å². The summed E-state index contributed by atoms with van der Waals surface area (Å²) in [7, 11) is 0. The van der Waals surface area contributed by atoms with Crippen LogP contribution < -0.4 is 20.4 Å². The van der Waals surface area contributed by atoms with Gasteiger partial charge < -0.3 is 15.5 Å². The molecule has 2 aliphatic heterocycles. The molecule has 0 unspecified atom stereocenters. The highest BCUT2D eigenvalue weighted by Gasteiger charge is 2.29. The lowest BCUT2D eigenvalue weighted by molar-refractivity contribution is 0.257. The van der Waals surface area contributed by atoms with Crippen LogP contribution in [0.4, 0.5) is 22.0 Å². The second-order valence-electron chi connectivity index (χ2n) is 7.27. The van der Waals surface area contributed by atoms with Crippen LogP contribution >= 0.6 is 0 Å². The van der Waals surface area contributed by atoms with E-state index in [4.69, 9.17) is 0 Å². The van der Waals surface area contributed by atoms with Crippen molar-refractivity contribution in [2.45, 2.75) is 13.3 Å². The predicted molar refractivity (Wildman–Crippen MR) is 109 cm³/mol. The molecule has 8 nitrogen and oxygen atoms in total. The first-order chi connectivity index (χ1) is 13.7. The molecule has 1 fully saturated rings. The standard InChI is InChI=1S/C20H23N7O/c1-14-12-16-13-15(3-9-27(16)24-14)23-20(28)26-8-4-17-18(2-5-22-19(17)26)25-10-6-21-7-11-25/h2-3,5,9,12-13,21H,4,6-8,10-11H2,1H3,(H,23,28). The van der Waals surface area contributed by atoms with Crippen molar-refractivity contribution < 1.29 is 4.79 Å². The van der Waals surface area contributed by atoms with Gasteiger partial charge in [-0.2, -0.15) is 5.10 Å². The molecule has 2 amide bonds. The van der Waals surface area contributed by atoms with Crippen molar-refractivity contribution in [2.75, 3.05) is 47.8 Å². The molecule has 0 saturated carbocycles. The topological polar surface area (TPSA) is 77.8 Å². The quantitative estimate of drug-likeness (QED) is 0.715. The zero-order valence-corrected chi connectivity index (χ0v) is 15.9. The van der Waals surface area contributed by atoms with Gasteiger partial charge >= 0.3 is 6.03 Å². The fourth-order valence-electron chi connectivity index (χ4n) is 4.06. The van der Waals surface area contributed by atoms with E-state index in [9.17, 15) is 4.79 Å². The molecule has 5 heterocycles. The Balaban J connectivity index is 1.38. The monoisotopic (exact) mass is 377 g/mol. The van der Waals surface area contributed by atoms with E-state index in [0.29, 0.717) is 6.54 Å². The lowest BCUT2D eigenvalue weighted by atomic mass is 10.1. The first kappa shape index (κ1) is 17.0. The van der Waals surface area contributed by atoms with E-state index in [0.717, 1.165) is 55.3 Å². The number of pyridine rings is 2. The van der Waals surface area contributed by atoms with Gasteiger partial charge in [-0.1, -0.05) is 0 Å². The molecule has 0 aromatic carbocycles. The van der Waals surface area contributed by atoms with E-state index in [1.807, 2.05) is 37.5 Å². The molecule has 28 heavy (non-hydrogen) atoms. The minimum absolute atomic E-state index is 0.149. The Labute approximate surface area is 163 Å². The Morgan fingerprint density at radius 3 is 2.89 bits per heavy atom. The van der Waals surface area contributed by atoms with E-state index >= 15 is 0 Å². The van der Waals surface area contributed by atoms with Gasteiger partial charge in [-0.25, -0.2) is 14.3 Å². The summed E-state index contributed by atoms with van der Waals surface area (Å²) in [5, 5.41) is 10.8. The summed E-state index contributed by atoms with van der Waals surface area (Å²) in [6.07, 6.45) is 4.50. The maximum Gasteiger partial charge on any atom is 0.327 e. The van der Waals surface area contributed by atoms with Crippen LogP contribution in [-0.4, -0.2) is 53.4 Å². The molecule has 3 aromatic heterocycles. The normalized spacial score (nSPS) is 16.5. The zero-order valence-electron chi connectivity index (χ0n) is 15.9. The Morgan fingerprint density at radius 2 is 2.04 bits per heavy atom. The van der Waals surface area contributed by atoms with Gasteiger partial charge in [0, 0.05) is 62.1 Å². The number of hydrogen-bond acceptors (Lipinski definition) is 5. The van der Waals surface area contributed by atoms with Gasteiger partial charge in [0.25, 0.3) is 0 Å². The largest absolute Gasteiger partial charge is 0.369 e. The molecule has 1 saturated heterocycles. The number of rotatable bonds is 2. The second-order valence-corrected chi connectivity index (χ2v) is 7.27. The van der Waals surface area contributed by atoms with Gasteiger partial charge in [0.15, 0.2) is 0 Å². The van der Waals surface area contributed by atoms with E-state index in [1.165, 1.54) is 11.3 Å². The number of amides is 2. The van der Waals surface area contributed by atoms with Crippen LogP contribution in [-0.2, 0) is 6.42 Å². The number of urea groups is 1. The lowest BCUT2D eigenvalue weighted by Gasteiger charge is -2.31. The molecule has 0 aliphatic carbocycles. The van der Waals surface area contributed by atoms with Gasteiger partial charge in [-0.15, -0.1) is 0 Å². The van der Waals surface area contributed by atoms with Gasteiger partial charge in [0.1, 0.15) is 5.82 Å². The van der Waals surface area contributed by atoms with Crippen LogP contribution in [0.15, 0.2) is 36.7 Å². The summed E-state index contributed by atoms with van der Waals surface area (Å²) >= 11 is 0. The van der Waals surface area contributed by atoms with Gasteiger partial charge in [-0.3, -0.25) is 4.90 Å². The number of nitrogens with one attached hydrogen (secondary N) is 2. The SMILES string of the molecule is Cc1cc2cc(NC(=O)N3CCc4c(N5CCNCC5)ccnc43)ccn2n1. The van der Waals surface area contributed by atoms with Gasteiger partial charge in [0.2, 0.25) is 0 Å². The summed E-state index contributed by atoms with van der Waals surface area (Å²) in [6.45, 7) is 6.52. The number of anilines is 3. The zero-order chi connectivity index (χ0) is 19.1. The molecule has 0 atom stereocenters. The van der Waals surface area contributed by atoms with Crippen LogP contribution in [0.5, 0.6) is 0 Å². The number of carbonyl (C=O) groups is 1. The highest BCUT2D eigenvalue weighted by molar-refractivity contribution is 6.03. The van der Waals surface area contributed by atoms with Crippen molar-refractivity contribution in [1.82, 2.24) is 19.9 Å². The number of fused-ring (bicyclic) bond motifs is 2.